The largest absolute Gasteiger partial charge is 0.372 e. The van der Waals surface area contributed by atoms with E-state index in [1.54, 1.807) is 0 Å². The van der Waals surface area contributed by atoms with E-state index < -0.39 is 0 Å². The van der Waals surface area contributed by atoms with Crippen molar-refractivity contribution >= 4 is 23.2 Å². The van der Waals surface area contributed by atoms with Gasteiger partial charge in [-0.15, -0.1) is 0 Å². The Bertz CT molecular complexity index is 676. The van der Waals surface area contributed by atoms with Gasteiger partial charge in [-0.05, 0) is 50.1 Å². The number of rotatable bonds is 4. The second kappa shape index (κ2) is 7.98. The van der Waals surface area contributed by atoms with Crippen molar-refractivity contribution in [1.82, 2.24) is 9.80 Å². The molecule has 1 aromatic rings. The Morgan fingerprint density at radius 2 is 1.48 bits per heavy atom. The van der Waals surface area contributed by atoms with Crippen LogP contribution in [-0.2, 0) is 9.59 Å². The Labute approximate surface area is 161 Å². The number of piperidine rings is 1. The van der Waals surface area contributed by atoms with E-state index in [0.29, 0.717) is 12.1 Å². The van der Waals surface area contributed by atoms with Crippen LogP contribution in [0, 0.1) is 0 Å². The Balaban J connectivity index is 1.44. The number of carbonyl (C=O) groups excluding carboxylic acids is 2. The van der Waals surface area contributed by atoms with E-state index in [4.69, 9.17) is 0 Å². The first-order valence-electron chi connectivity index (χ1n) is 10.4. The van der Waals surface area contributed by atoms with Crippen LogP contribution in [0.5, 0.6) is 0 Å². The molecule has 6 nitrogen and oxygen atoms in total. The van der Waals surface area contributed by atoms with Crippen molar-refractivity contribution < 1.29 is 9.59 Å². The molecule has 0 N–H and O–H groups in total. The second-order valence-corrected chi connectivity index (χ2v) is 7.82. The fraction of sp³-hybridized carbons (Fsp3) is 0.619. The maximum atomic E-state index is 13.0. The van der Waals surface area contributed by atoms with Gasteiger partial charge < -0.3 is 9.80 Å². The molecule has 3 aliphatic heterocycles. The van der Waals surface area contributed by atoms with E-state index in [1.807, 2.05) is 12.1 Å². The van der Waals surface area contributed by atoms with Gasteiger partial charge in [0.05, 0.1) is 18.2 Å². The summed E-state index contributed by atoms with van der Waals surface area (Å²) in [6.07, 6.45) is 4.08. The molecule has 3 aliphatic rings. The van der Waals surface area contributed by atoms with E-state index >= 15 is 0 Å². The van der Waals surface area contributed by atoms with Crippen molar-refractivity contribution in [2.45, 2.75) is 38.6 Å². The van der Waals surface area contributed by atoms with Gasteiger partial charge in [0.1, 0.15) is 0 Å². The molecular weight excluding hydrogens is 340 g/mol. The molecule has 0 saturated carbocycles. The summed E-state index contributed by atoms with van der Waals surface area (Å²) in [6.45, 7) is 9.05. The van der Waals surface area contributed by atoms with Crippen LogP contribution in [0.25, 0.3) is 0 Å². The Morgan fingerprint density at radius 1 is 0.852 bits per heavy atom. The number of likely N-dealkylation sites (N-methyl/N-ethyl adjacent to an activating group) is 1. The highest BCUT2D eigenvalue weighted by atomic mass is 16.2. The van der Waals surface area contributed by atoms with Crippen molar-refractivity contribution in [3.8, 4) is 0 Å². The molecule has 0 unspecified atom stereocenters. The Hall–Kier alpha value is -1.92. The molecule has 0 aliphatic carbocycles. The molecule has 2 amide bonds. The first-order chi connectivity index (χ1) is 13.2. The van der Waals surface area contributed by atoms with Crippen LogP contribution in [0.3, 0.4) is 0 Å². The molecule has 6 heteroatoms. The van der Waals surface area contributed by atoms with E-state index in [-0.39, 0.29) is 17.9 Å². The minimum Gasteiger partial charge on any atom is -0.372 e. The van der Waals surface area contributed by atoms with Gasteiger partial charge in [-0.25, -0.2) is 4.90 Å². The van der Waals surface area contributed by atoms with Crippen LogP contribution in [0.2, 0.25) is 0 Å². The van der Waals surface area contributed by atoms with E-state index in [0.717, 1.165) is 45.8 Å². The average molecular weight is 370 g/mol. The zero-order valence-electron chi connectivity index (χ0n) is 16.3. The second-order valence-electron chi connectivity index (χ2n) is 7.82. The number of hydrogen-bond acceptors (Lipinski definition) is 5. The number of benzene rings is 1. The third-order valence-corrected chi connectivity index (χ3v) is 6.25. The minimum absolute atomic E-state index is 0.0596. The number of carbonyl (C=O) groups is 2. The van der Waals surface area contributed by atoms with Crippen LogP contribution in [0.1, 0.15) is 32.6 Å². The topological polar surface area (TPSA) is 47.1 Å². The van der Waals surface area contributed by atoms with E-state index in [9.17, 15) is 9.59 Å². The zero-order chi connectivity index (χ0) is 18.8. The van der Waals surface area contributed by atoms with Crippen molar-refractivity contribution in [1.29, 1.82) is 0 Å². The van der Waals surface area contributed by atoms with Gasteiger partial charge in [0, 0.05) is 45.0 Å². The number of piperazine rings is 1. The molecule has 0 spiro atoms. The molecule has 4 rings (SSSR count). The Morgan fingerprint density at radius 3 is 2.11 bits per heavy atom. The summed E-state index contributed by atoms with van der Waals surface area (Å²) in [7, 11) is 0. The molecule has 1 atom stereocenters. The molecule has 3 fully saturated rings. The van der Waals surface area contributed by atoms with Gasteiger partial charge in [0.15, 0.2) is 0 Å². The lowest BCUT2D eigenvalue weighted by molar-refractivity contribution is -0.123. The van der Waals surface area contributed by atoms with E-state index in [2.05, 4.69) is 33.8 Å². The highest BCUT2D eigenvalue weighted by Gasteiger charge is 2.43. The Kier molecular flexibility index (Phi) is 5.45. The van der Waals surface area contributed by atoms with Crippen LogP contribution < -0.4 is 9.80 Å². The summed E-state index contributed by atoms with van der Waals surface area (Å²) in [4.78, 5) is 34.0. The summed E-state index contributed by atoms with van der Waals surface area (Å²) in [5.74, 6) is -0.135. The van der Waals surface area contributed by atoms with Gasteiger partial charge in [-0.3, -0.25) is 14.5 Å². The van der Waals surface area contributed by atoms with Gasteiger partial charge >= 0.3 is 0 Å². The number of hydrogen-bond donors (Lipinski definition) is 0. The van der Waals surface area contributed by atoms with Crippen LogP contribution in [0.15, 0.2) is 24.3 Å². The first-order valence-corrected chi connectivity index (χ1v) is 10.4. The third-order valence-electron chi connectivity index (χ3n) is 6.25. The van der Waals surface area contributed by atoms with Crippen molar-refractivity contribution in [2.24, 2.45) is 0 Å². The highest BCUT2D eigenvalue weighted by molar-refractivity contribution is 6.22. The predicted octanol–water partition coefficient (Wildman–Crippen LogP) is 1.95. The first kappa shape index (κ1) is 18.4. The molecule has 1 aromatic carbocycles. The standard InChI is InChI=1S/C21H30N4O2/c1-2-22-12-14-24(15-13-22)19-16-20(26)25(21(19)27)18-8-6-17(7-9-18)23-10-4-3-5-11-23/h6-9,19H,2-5,10-16H2,1H3/t19-/m0/s1. The fourth-order valence-corrected chi connectivity index (χ4v) is 4.53. The summed E-state index contributed by atoms with van der Waals surface area (Å²) >= 11 is 0. The lowest BCUT2D eigenvalue weighted by atomic mass is 10.1. The summed E-state index contributed by atoms with van der Waals surface area (Å²) in [5, 5.41) is 0. The van der Waals surface area contributed by atoms with E-state index in [1.165, 1.54) is 29.8 Å². The number of nitrogens with zero attached hydrogens (tertiary/aromatic N) is 4. The van der Waals surface area contributed by atoms with Gasteiger partial charge in [0.25, 0.3) is 5.91 Å². The normalized spacial score (nSPS) is 25.4. The minimum atomic E-state index is -0.293. The number of anilines is 2. The molecule has 27 heavy (non-hydrogen) atoms. The molecule has 3 heterocycles. The summed E-state index contributed by atoms with van der Waals surface area (Å²) in [6, 6.07) is 7.66. The number of imide groups is 1. The summed E-state index contributed by atoms with van der Waals surface area (Å²) in [5.41, 5.74) is 1.89. The van der Waals surface area contributed by atoms with Gasteiger partial charge in [0.2, 0.25) is 5.91 Å². The van der Waals surface area contributed by atoms with Crippen LogP contribution in [-0.4, -0.2) is 73.5 Å². The van der Waals surface area contributed by atoms with Crippen LogP contribution >= 0.6 is 0 Å². The van der Waals surface area contributed by atoms with Gasteiger partial charge in [-0.1, -0.05) is 6.92 Å². The smallest absolute Gasteiger partial charge is 0.251 e. The molecule has 0 bridgehead atoms. The predicted molar refractivity (Wildman–Crippen MR) is 107 cm³/mol. The zero-order valence-corrected chi connectivity index (χ0v) is 16.3. The fourth-order valence-electron chi connectivity index (χ4n) is 4.53. The van der Waals surface area contributed by atoms with Crippen molar-refractivity contribution in [2.75, 3.05) is 55.6 Å². The van der Waals surface area contributed by atoms with Crippen molar-refractivity contribution in [3.63, 3.8) is 0 Å². The molecular formula is C21H30N4O2. The molecule has 0 aromatic heterocycles. The summed E-state index contributed by atoms with van der Waals surface area (Å²) < 4.78 is 0. The average Bonchev–Trinajstić information content (AvgIpc) is 3.03. The maximum absolute atomic E-state index is 13.0. The maximum Gasteiger partial charge on any atom is 0.251 e. The van der Waals surface area contributed by atoms with Crippen LogP contribution in [0.4, 0.5) is 11.4 Å². The molecule has 146 valence electrons. The monoisotopic (exact) mass is 370 g/mol. The quantitative estimate of drug-likeness (QED) is 0.758. The molecule has 3 saturated heterocycles. The molecule has 0 radical (unpaired) electrons. The lowest BCUT2D eigenvalue weighted by Crippen LogP contribution is -2.52. The number of amides is 2. The van der Waals surface area contributed by atoms with Crippen molar-refractivity contribution in [3.05, 3.63) is 24.3 Å². The third kappa shape index (κ3) is 3.73. The highest BCUT2D eigenvalue weighted by Crippen LogP contribution is 2.29. The lowest BCUT2D eigenvalue weighted by Gasteiger charge is -2.36. The van der Waals surface area contributed by atoms with Gasteiger partial charge in [-0.2, -0.15) is 0 Å². The SMILES string of the molecule is CCN1CCN([C@H]2CC(=O)N(c3ccc(N4CCCCC4)cc3)C2=O)CC1.